The van der Waals surface area contributed by atoms with Crippen LogP contribution >= 0.6 is 23.8 Å². The van der Waals surface area contributed by atoms with Crippen LogP contribution in [0.15, 0.2) is 45.9 Å². The third-order valence-corrected chi connectivity index (χ3v) is 3.45. The monoisotopic (exact) mass is 319 g/mol. The van der Waals surface area contributed by atoms with Gasteiger partial charge in [0.2, 0.25) is 0 Å². The van der Waals surface area contributed by atoms with E-state index in [0.29, 0.717) is 21.9 Å². The van der Waals surface area contributed by atoms with Crippen LogP contribution in [0.4, 0.5) is 0 Å². The molecule has 1 aliphatic rings. The van der Waals surface area contributed by atoms with E-state index in [1.807, 2.05) is 36.4 Å². The number of hydrogen-bond acceptors (Lipinski definition) is 3. The highest BCUT2D eigenvalue weighted by Gasteiger charge is 2.21. The molecular formula is C15H14ClN3OS. The maximum absolute atomic E-state index is 5.97. The first-order valence-electron chi connectivity index (χ1n) is 6.66. The van der Waals surface area contributed by atoms with Gasteiger partial charge < -0.3 is 9.73 Å². The molecule has 0 amide bonds. The van der Waals surface area contributed by atoms with E-state index >= 15 is 0 Å². The molecule has 0 bridgehead atoms. The average molecular weight is 320 g/mol. The van der Waals surface area contributed by atoms with Gasteiger partial charge in [-0.15, -0.1) is 0 Å². The van der Waals surface area contributed by atoms with E-state index in [2.05, 4.69) is 15.8 Å². The van der Waals surface area contributed by atoms with Crippen molar-refractivity contribution in [3.63, 3.8) is 0 Å². The van der Waals surface area contributed by atoms with Crippen molar-refractivity contribution in [1.82, 2.24) is 10.7 Å². The Hall–Kier alpha value is -1.85. The molecule has 6 heteroatoms. The van der Waals surface area contributed by atoms with Crippen molar-refractivity contribution in [3.05, 3.63) is 47.2 Å². The summed E-state index contributed by atoms with van der Waals surface area (Å²) in [5.74, 6) is 1.39. The first-order valence-corrected chi connectivity index (χ1v) is 7.45. The first-order chi connectivity index (χ1) is 10.2. The maximum Gasteiger partial charge on any atom is 0.187 e. The predicted octanol–water partition coefficient (Wildman–Crippen LogP) is 3.56. The lowest BCUT2D eigenvalue weighted by atomic mass is 10.2. The van der Waals surface area contributed by atoms with E-state index in [1.54, 1.807) is 6.21 Å². The molecule has 0 unspecified atom stereocenters. The van der Waals surface area contributed by atoms with Crippen molar-refractivity contribution in [1.29, 1.82) is 0 Å². The van der Waals surface area contributed by atoms with E-state index in [4.69, 9.17) is 28.2 Å². The van der Waals surface area contributed by atoms with Crippen LogP contribution in [0.1, 0.15) is 18.6 Å². The summed E-state index contributed by atoms with van der Waals surface area (Å²) in [6.07, 6.45) is 3.94. The molecule has 1 aliphatic carbocycles. The third kappa shape index (κ3) is 4.06. The van der Waals surface area contributed by atoms with Crippen molar-refractivity contribution in [2.45, 2.75) is 18.9 Å². The van der Waals surface area contributed by atoms with E-state index < -0.39 is 0 Å². The zero-order valence-corrected chi connectivity index (χ0v) is 12.7. The molecule has 4 nitrogen and oxygen atoms in total. The molecule has 0 spiro atoms. The molecule has 0 radical (unpaired) electrons. The number of nitrogens with one attached hydrogen (secondary N) is 2. The third-order valence-electron chi connectivity index (χ3n) is 3.01. The Morgan fingerprint density at radius 1 is 1.33 bits per heavy atom. The molecule has 1 fully saturated rings. The van der Waals surface area contributed by atoms with Gasteiger partial charge in [0.15, 0.2) is 5.11 Å². The summed E-state index contributed by atoms with van der Waals surface area (Å²) in [5.41, 5.74) is 3.70. The van der Waals surface area contributed by atoms with Crippen LogP contribution in [0.5, 0.6) is 0 Å². The molecule has 0 saturated heterocycles. The van der Waals surface area contributed by atoms with Crippen LogP contribution in [0.25, 0.3) is 11.3 Å². The van der Waals surface area contributed by atoms with Crippen LogP contribution in [0.3, 0.4) is 0 Å². The van der Waals surface area contributed by atoms with Crippen molar-refractivity contribution in [3.8, 4) is 11.3 Å². The summed E-state index contributed by atoms with van der Waals surface area (Å²) in [5, 5.41) is 8.40. The second-order valence-electron chi connectivity index (χ2n) is 4.83. The number of hydrogen-bond donors (Lipinski definition) is 2. The normalized spacial score (nSPS) is 14.3. The van der Waals surface area contributed by atoms with Crippen molar-refractivity contribution in [2.24, 2.45) is 5.10 Å². The lowest BCUT2D eigenvalue weighted by molar-refractivity contribution is 0.574. The Labute approximate surface area is 133 Å². The Kier molecular flexibility index (Phi) is 4.22. The van der Waals surface area contributed by atoms with Gasteiger partial charge >= 0.3 is 0 Å². The number of hydrazone groups is 1. The second-order valence-corrected chi connectivity index (χ2v) is 5.67. The molecule has 3 rings (SSSR count). The van der Waals surface area contributed by atoms with Gasteiger partial charge in [0.25, 0.3) is 0 Å². The van der Waals surface area contributed by atoms with Crippen molar-refractivity contribution in [2.75, 3.05) is 0 Å². The van der Waals surface area contributed by atoms with Gasteiger partial charge in [0.05, 0.1) is 6.21 Å². The average Bonchev–Trinajstić information content (AvgIpc) is 3.14. The van der Waals surface area contributed by atoms with Crippen LogP contribution in [0.2, 0.25) is 5.02 Å². The van der Waals surface area contributed by atoms with Gasteiger partial charge in [-0.25, -0.2) is 0 Å². The molecule has 1 saturated carbocycles. The summed E-state index contributed by atoms with van der Waals surface area (Å²) in [7, 11) is 0. The van der Waals surface area contributed by atoms with Crippen LogP contribution in [-0.4, -0.2) is 17.4 Å². The quantitative estimate of drug-likeness (QED) is 0.514. The minimum atomic E-state index is 0.512. The molecular weight excluding hydrogens is 306 g/mol. The summed E-state index contributed by atoms with van der Waals surface area (Å²) in [6.45, 7) is 0. The summed E-state index contributed by atoms with van der Waals surface area (Å²) in [6, 6.07) is 11.8. The van der Waals surface area contributed by atoms with Gasteiger partial charge in [0, 0.05) is 16.6 Å². The largest absolute Gasteiger partial charge is 0.455 e. The fraction of sp³-hybridized carbons (Fsp3) is 0.200. The van der Waals surface area contributed by atoms with Gasteiger partial charge in [-0.3, -0.25) is 5.43 Å². The maximum atomic E-state index is 5.97. The number of rotatable bonds is 4. The number of furan rings is 1. The molecule has 1 aromatic carbocycles. The Bertz CT molecular complexity index is 679. The molecule has 0 atom stereocenters. The fourth-order valence-corrected chi connectivity index (χ4v) is 2.23. The lowest BCUT2D eigenvalue weighted by Crippen LogP contribution is -2.33. The first kappa shape index (κ1) is 14.1. The van der Waals surface area contributed by atoms with Gasteiger partial charge in [-0.1, -0.05) is 23.7 Å². The highest BCUT2D eigenvalue weighted by Crippen LogP contribution is 2.24. The van der Waals surface area contributed by atoms with E-state index in [1.165, 1.54) is 12.8 Å². The summed E-state index contributed by atoms with van der Waals surface area (Å²) in [4.78, 5) is 0. The Balaban J connectivity index is 1.60. The van der Waals surface area contributed by atoms with Gasteiger partial charge in [0.1, 0.15) is 11.5 Å². The van der Waals surface area contributed by atoms with Crippen LogP contribution in [0, 0.1) is 0 Å². The zero-order valence-electron chi connectivity index (χ0n) is 11.2. The summed E-state index contributed by atoms with van der Waals surface area (Å²) < 4.78 is 5.69. The van der Waals surface area contributed by atoms with Gasteiger partial charge in [-0.2, -0.15) is 5.10 Å². The lowest BCUT2D eigenvalue weighted by Gasteiger charge is -2.03. The zero-order chi connectivity index (χ0) is 14.7. The summed E-state index contributed by atoms with van der Waals surface area (Å²) >= 11 is 11.1. The minimum Gasteiger partial charge on any atom is -0.455 e. The molecule has 0 aliphatic heterocycles. The second kappa shape index (κ2) is 6.28. The van der Waals surface area contributed by atoms with E-state index in [0.717, 1.165) is 11.3 Å². The molecule has 108 valence electrons. The Morgan fingerprint density at radius 3 is 2.95 bits per heavy atom. The van der Waals surface area contributed by atoms with Crippen molar-refractivity contribution < 1.29 is 4.42 Å². The molecule has 2 N–H and O–H groups in total. The topological polar surface area (TPSA) is 49.6 Å². The molecule has 2 aromatic rings. The van der Waals surface area contributed by atoms with Gasteiger partial charge in [-0.05, 0) is 49.3 Å². The van der Waals surface area contributed by atoms with Crippen LogP contribution < -0.4 is 10.7 Å². The number of benzene rings is 1. The molecule has 21 heavy (non-hydrogen) atoms. The predicted molar refractivity (Wildman–Crippen MR) is 88.6 cm³/mol. The van der Waals surface area contributed by atoms with Crippen molar-refractivity contribution >= 4 is 35.1 Å². The van der Waals surface area contributed by atoms with E-state index in [-0.39, 0.29) is 0 Å². The SMILES string of the molecule is S=C(NN=Cc1ccc(-c2cccc(Cl)c2)o1)NC1CC1. The van der Waals surface area contributed by atoms with E-state index in [9.17, 15) is 0 Å². The smallest absolute Gasteiger partial charge is 0.187 e. The standard InChI is InChI=1S/C15H14ClN3OS/c16-11-3-1-2-10(8-11)14-7-6-13(20-14)9-17-19-15(21)18-12-4-5-12/h1-3,6-9,12H,4-5H2,(H2,18,19,21). The highest BCUT2D eigenvalue weighted by molar-refractivity contribution is 7.80. The number of thiocarbonyl (C=S) groups is 1. The fourth-order valence-electron chi connectivity index (χ4n) is 1.82. The molecule has 1 aromatic heterocycles. The van der Waals surface area contributed by atoms with Crippen LogP contribution in [-0.2, 0) is 0 Å². The Morgan fingerprint density at radius 2 is 2.19 bits per heavy atom. The minimum absolute atomic E-state index is 0.512. The highest BCUT2D eigenvalue weighted by atomic mass is 35.5. The molecule has 1 heterocycles. The number of nitrogens with zero attached hydrogens (tertiary/aromatic N) is 1. The number of halogens is 1.